The molecule has 3 heteroatoms. The summed E-state index contributed by atoms with van der Waals surface area (Å²) in [4.78, 5) is 13.9. The van der Waals surface area contributed by atoms with Crippen LogP contribution in [-0.2, 0) is 0 Å². The highest BCUT2D eigenvalue weighted by Crippen LogP contribution is 2.21. The van der Waals surface area contributed by atoms with E-state index in [1.165, 1.54) is 0 Å². The van der Waals surface area contributed by atoms with Gasteiger partial charge >= 0.3 is 0 Å². The quantitative estimate of drug-likeness (QED) is 0.685. The molecule has 1 aromatic rings. The van der Waals surface area contributed by atoms with Gasteiger partial charge in [-0.1, -0.05) is 0 Å². The Kier molecular flexibility index (Phi) is 2.32. The first-order valence-electron chi connectivity index (χ1n) is 5.05. The second-order valence-electron chi connectivity index (χ2n) is 3.92. The van der Waals surface area contributed by atoms with Gasteiger partial charge in [0.15, 0.2) is 5.76 Å². The number of amides is 1. The van der Waals surface area contributed by atoms with Crippen LogP contribution in [0.25, 0.3) is 0 Å². The molecule has 0 N–H and O–H groups in total. The van der Waals surface area contributed by atoms with Gasteiger partial charge in [0, 0.05) is 18.2 Å². The van der Waals surface area contributed by atoms with Crippen LogP contribution in [0.15, 0.2) is 16.7 Å². The van der Waals surface area contributed by atoms with E-state index in [9.17, 15) is 4.79 Å². The highest BCUT2D eigenvalue weighted by molar-refractivity contribution is 5.93. The summed E-state index contributed by atoms with van der Waals surface area (Å²) in [7, 11) is 0. The van der Waals surface area contributed by atoms with Crippen molar-refractivity contribution in [1.82, 2.24) is 4.90 Å². The summed E-state index contributed by atoms with van der Waals surface area (Å²) in [5, 5.41) is 0. The average Bonchev–Trinajstić information content (AvgIpc) is 2.73. The Morgan fingerprint density at radius 2 is 2.43 bits per heavy atom. The third-order valence-electron chi connectivity index (χ3n) is 2.87. The van der Waals surface area contributed by atoms with Crippen LogP contribution in [0.4, 0.5) is 0 Å². The van der Waals surface area contributed by atoms with E-state index in [1.807, 2.05) is 17.9 Å². The topological polar surface area (TPSA) is 33.5 Å². The molecule has 1 saturated heterocycles. The molecule has 2 heterocycles. The van der Waals surface area contributed by atoms with Gasteiger partial charge in [-0.25, -0.2) is 0 Å². The first-order chi connectivity index (χ1) is 6.70. The van der Waals surface area contributed by atoms with Crippen molar-refractivity contribution >= 4 is 5.91 Å². The number of hydrogen-bond donors (Lipinski definition) is 0. The fourth-order valence-electron chi connectivity index (χ4n) is 1.96. The number of furan rings is 1. The minimum atomic E-state index is 0.0394. The smallest absolute Gasteiger partial charge is 0.290 e. The van der Waals surface area contributed by atoms with Gasteiger partial charge in [0.25, 0.3) is 5.91 Å². The van der Waals surface area contributed by atoms with Crippen molar-refractivity contribution in [3.63, 3.8) is 0 Å². The van der Waals surface area contributed by atoms with E-state index >= 15 is 0 Å². The molecular formula is C11H15NO2. The van der Waals surface area contributed by atoms with Gasteiger partial charge < -0.3 is 9.32 Å². The van der Waals surface area contributed by atoms with Crippen LogP contribution in [0.1, 0.15) is 35.9 Å². The van der Waals surface area contributed by atoms with E-state index in [1.54, 1.807) is 6.26 Å². The molecule has 3 nitrogen and oxygen atoms in total. The first-order valence-corrected chi connectivity index (χ1v) is 5.05. The van der Waals surface area contributed by atoms with Crippen LogP contribution in [-0.4, -0.2) is 23.4 Å². The van der Waals surface area contributed by atoms with Crippen molar-refractivity contribution < 1.29 is 9.21 Å². The molecule has 0 bridgehead atoms. The lowest BCUT2D eigenvalue weighted by Gasteiger charge is -2.20. The normalized spacial score (nSPS) is 21.6. The molecule has 1 aromatic heterocycles. The third kappa shape index (κ3) is 1.43. The zero-order valence-corrected chi connectivity index (χ0v) is 8.62. The molecule has 1 aliphatic heterocycles. The maximum Gasteiger partial charge on any atom is 0.290 e. The molecule has 1 aliphatic rings. The molecule has 0 aromatic carbocycles. The molecule has 0 radical (unpaired) electrons. The predicted octanol–water partition coefficient (Wildman–Crippen LogP) is 2.21. The third-order valence-corrected chi connectivity index (χ3v) is 2.87. The highest BCUT2D eigenvalue weighted by Gasteiger charge is 2.28. The Balaban J connectivity index is 2.20. The van der Waals surface area contributed by atoms with E-state index in [0.29, 0.717) is 11.8 Å². The van der Waals surface area contributed by atoms with Crippen LogP contribution < -0.4 is 0 Å². The summed E-state index contributed by atoms with van der Waals surface area (Å²) in [6.07, 6.45) is 3.78. The van der Waals surface area contributed by atoms with Gasteiger partial charge in [-0.3, -0.25) is 4.79 Å². The largest absolute Gasteiger partial charge is 0.459 e. The molecule has 0 saturated carbocycles. The zero-order chi connectivity index (χ0) is 10.1. The lowest BCUT2D eigenvalue weighted by Crippen LogP contribution is -2.33. The van der Waals surface area contributed by atoms with Gasteiger partial charge in [-0.05, 0) is 32.8 Å². The first kappa shape index (κ1) is 9.31. The van der Waals surface area contributed by atoms with E-state index < -0.39 is 0 Å². The van der Waals surface area contributed by atoms with E-state index in [0.717, 1.165) is 24.9 Å². The van der Waals surface area contributed by atoms with Crippen LogP contribution in [0.5, 0.6) is 0 Å². The van der Waals surface area contributed by atoms with Crippen molar-refractivity contribution in [2.45, 2.75) is 32.7 Å². The average molecular weight is 193 g/mol. The standard InChI is InChI=1S/C11H15NO2/c1-8-5-7-14-10(8)11(13)12-6-3-4-9(12)2/h5,7,9H,3-4,6H2,1-2H3. The fraction of sp³-hybridized carbons (Fsp3) is 0.545. The summed E-state index contributed by atoms with van der Waals surface area (Å²) in [6, 6.07) is 2.18. The van der Waals surface area contributed by atoms with Crippen molar-refractivity contribution in [3.05, 3.63) is 23.7 Å². The molecule has 2 rings (SSSR count). The lowest BCUT2D eigenvalue weighted by atomic mass is 10.2. The number of likely N-dealkylation sites (tertiary alicyclic amines) is 1. The monoisotopic (exact) mass is 193 g/mol. The van der Waals surface area contributed by atoms with Gasteiger partial charge in [-0.15, -0.1) is 0 Å². The Morgan fingerprint density at radius 3 is 2.93 bits per heavy atom. The number of aryl methyl sites for hydroxylation is 1. The number of carbonyl (C=O) groups excluding carboxylic acids is 1. The van der Waals surface area contributed by atoms with Gasteiger partial charge in [0.2, 0.25) is 0 Å². The molecule has 1 amide bonds. The maximum atomic E-state index is 12.0. The summed E-state index contributed by atoms with van der Waals surface area (Å²) in [5.74, 6) is 0.538. The highest BCUT2D eigenvalue weighted by atomic mass is 16.3. The summed E-state index contributed by atoms with van der Waals surface area (Å²) < 4.78 is 5.20. The molecular weight excluding hydrogens is 178 g/mol. The molecule has 1 unspecified atom stereocenters. The van der Waals surface area contributed by atoms with Crippen molar-refractivity contribution in [3.8, 4) is 0 Å². The van der Waals surface area contributed by atoms with Crippen LogP contribution in [0.3, 0.4) is 0 Å². The van der Waals surface area contributed by atoms with Crippen LogP contribution in [0.2, 0.25) is 0 Å². The Morgan fingerprint density at radius 1 is 1.64 bits per heavy atom. The maximum absolute atomic E-state index is 12.0. The van der Waals surface area contributed by atoms with Crippen molar-refractivity contribution in [1.29, 1.82) is 0 Å². The molecule has 0 aliphatic carbocycles. The van der Waals surface area contributed by atoms with Gasteiger partial charge in [0.1, 0.15) is 0 Å². The van der Waals surface area contributed by atoms with Crippen LogP contribution in [0, 0.1) is 6.92 Å². The van der Waals surface area contributed by atoms with Crippen LogP contribution >= 0.6 is 0 Å². The number of nitrogens with zero attached hydrogens (tertiary/aromatic N) is 1. The minimum Gasteiger partial charge on any atom is -0.459 e. The molecule has 76 valence electrons. The number of carbonyl (C=O) groups is 1. The SMILES string of the molecule is Cc1ccoc1C(=O)N1CCCC1C. The number of hydrogen-bond acceptors (Lipinski definition) is 2. The Bertz CT molecular complexity index is 343. The predicted molar refractivity (Wildman–Crippen MR) is 53.2 cm³/mol. The molecule has 0 spiro atoms. The summed E-state index contributed by atoms with van der Waals surface area (Å²) in [6.45, 7) is 4.85. The molecule has 1 fully saturated rings. The zero-order valence-electron chi connectivity index (χ0n) is 8.62. The summed E-state index contributed by atoms with van der Waals surface area (Å²) >= 11 is 0. The Hall–Kier alpha value is -1.25. The second kappa shape index (κ2) is 3.48. The van der Waals surface area contributed by atoms with E-state index in [2.05, 4.69) is 6.92 Å². The van der Waals surface area contributed by atoms with Gasteiger partial charge in [0.05, 0.1) is 6.26 Å². The fourth-order valence-corrected chi connectivity index (χ4v) is 1.96. The van der Waals surface area contributed by atoms with Crippen molar-refractivity contribution in [2.75, 3.05) is 6.54 Å². The van der Waals surface area contributed by atoms with E-state index in [-0.39, 0.29) is 5.91 Å². The van der Waals surface area contributed by atoms with E-state index in [4.69, 9.17) is 4.42 Å². The van der Waals surface area contributed by atoms with Gasteiger partial charge in [-0.2, -0.15) is 0 Å². The summed E-state index contributed by atoms with van der Waals surface area (Å²) in [5.41, 5.74) is 0.925. The van der Waals surface area contributed by atoms with Crippen molar-refractivity contribution in [2.24, 2.45) is 0 Å². The Labute approximate surface area is 83.7 Å². The minimum absolute atomic E-state index is 0.0394. The molecule has 1 atom stereocenters. The lowest BCUT2D eigenvalue weighted by molar-refractivity contribution is 0.0714. The molecule has 14 heavy (non-hydrogen) atoms. The number of rotatable bonds is 1. The second-order valence-corrected chi connectivity index (χ2v) is 3.92.